The van der Waals surface area contributed by atoms with E-state index in [0.29, 0.717) is 0 Å². The molecule has 0 aliphatic rings. The van der Waals surface area contributed by atoms with Crippen LogP contribution in [0.2, 0.25) is 0 Å². The van der Waals surface area contributed by atoms with Gasteiger partial charge in [0.25, 0.3) is 0 Å². The molecule has 0 N–H and O–H groups in total. The van der Waals surface area contributed by atoms with Crippen LogP contribution in [0.3, 0.4) is 0 Å². The Hall–Kier alpha value is -0.880. The van der Waals surface area contributed by atoms with E-state index in [2.05, 4.69) is 27.0 Å². The Labute approximate surface area is 93.1 Å². The molecule has 1 heterocycles. The Morgan fingerprint density at radius 3 is 2.71 bits per heavy atom. The van der Waals surface area contributed by atoms with Crippen LogP contribution in [0.5, 0.6) is 0 Å². The van der Waals surface area contributed by atoms with Gasteiger partial charge in [0, 0.05) is 10.7 Å². The van der Waals surface area contributed by atoms with Crippen LogP contribution in [0.4, 0.5) is 0 Å². The lowest BCUT2D eigenvalue weighted by atomic mass is 9.85. The molecule has 0 aromatic carbocycles. The SMILES string of the molecule is CCC(C)(C#N)c1ncc(C)cc1Br. The summed E-state index contributed by atoms with van der Waals surface area (Å²) < 4.78 is 0.920. The zero-order valence-corrected chi connectivity index (χ0v) is 10.2. The molecule has 1 unspecified atom stereocenters. The predicted octanol–water partition coefficient (Wildman–Crippen LogP) is 3.34. The fourth-order valence-corrected chi connectivity index (χ4v) is 2.14. The molecular weight excluding hydrogens is 240 g/mol. The number of nitriles is 1. The summed E-state index contributed by atoms with van der Waals surface area (Å²) in [6, 6.07) is 4.31. The number of aromatic nitrogens is 1. The van der Waals surface area contributed by atoms with E-state index in [1.807, 2.05) is 26.8 Å². The summed E-state index contributed by atoms with van der Waals surface area (Å²) in [6.07, 6.45) is 2.56. The Morgan fingerprint density at radius 2 is 2.29 bits per heavy atom. The first-order valence-corrected chi connectivity index (χ1v) is 5.36. The summed E-state index contributed by atoms with van der Waals surface area (Å²) in [6.45, 7) is 5.89. The third-order valence-electron chi connectivity index (χ3n) is 2.45. The summed E-state index contributed by atoms with van der Waals surface area (Å²) in [4.78, 5) is 4.32. The topological polar surface area (TPSA) is 36.7 Å². The molecule has 0 radical (unpaired) electrons. The fourth-order valence-electron chi connectivity index (χ4n) is 1.24. The van der Waals surface area contributed by atoms with Crippen LogP contribution in [-0.4, -0.2) is 4.98 Å². The number of aryl methyl sites for hydroxylation is 1. The van der Waals surface area contributed by atoms with Crippen LogP contribution in [0.1, 0.15) is 31.5 Å². The summed E-state index contributed by atoms with van der Waals surface area (Å²) in [5, 5.41) is 9.12. The van der Waals surface area contributed by atoms with Crippen molar-refractivity contribution in [2.75, 3.05) is 0 Å². The largest absolute Gasteiger partial charge is 0.258 e. The number of hydrogen-bond acceptors (Lipinski definition) is 2. The van der Waals surface area contributed by atoms with Crippen molar-refractivity contribution in [2.45, 2.75) is 32.6 Å². The van der Waals surface area contributed by atoms with Gasteiger partial charge in [0.1, 0.15) is 0 Å². The van der Waals surface area contributed by atoms with Gasteiger partial charge in [-0.05, 0) is 47.8 Å². The number of pyridine rings is 1. The van der Waals surface area contributed by atoms with E-state index in [0.717, 1.165) is 22.2 Å². The minimum absolute atomic E-state index is 0.494. The Bertz CT molecular complexity index is 381. The van der Waals surface area contributed by atoms with Crippen molar-refractivity contribution < 1.29 is 0 Å². The quantitative estimate of drug-likeness (QED) is 0.810. The van der Waals surface area contributed by atoms with Crippen LogP contribution in [0.15, 0.2) is 16.7 Å². The van der Waals surface area contributed by atoms with E-state index in [4.69, 9.17) is 5.26 Å². The van der Waals surface area contributed by atoms with Gasteiger partial charge in [-0.2, -0.15) is 5.26 Å². The lowest BCUT2D eigenvalue weighted by Crippen LogP contribution is -2.20. The van der Waals surface area contributed by atoms with Gasteiger partial charge in [-0.1, -0.05) is 6.92 Å². The highest BCUT2D eigenvalue weighted by molar-refractivity contribution is 9.10. The van der Waals surface area contributed by atoms with E-state index in [1.54, 1.807) is 6.20 Å². The van der Waals surface area contributed by atoms with Gasteiger partial charge in [0.2, 0.25) is 0 Å². The van der Waals surface area contributed by atoms with Crippen LogP contribution in [0, 0.1) is 18.3 Å². The summed E-state index contributed by atoms with van der Waals surface area (Å²) in [5.74, 6) is 0. The maximum absolute atomic E-state index is 9.12. The first-order chi connectivity index (χ1) is 6.53. The lowest BCUT2D eigenvalue weighted by Gasteiger charge is -2.20. The smallest absolute Gasteiger partial charge is 0.0973 e. The molecule has 1 aromatic heterocycles. The molecule has 0 amide bonds. The van der Waals surface area contributed by atoms with Crippen LogP contribution >= 0.6 is 15.9 Å². The molecule has 0 saturated carbocycles. The highest BCUT2D eigenvalue weighted by atomic mass is 79.9. The van der Waals surface area contributed by atoms with Crippen molar-refractivity contribution in [3.63, 3.8) is 0 Å². The van der Waals surface area contributed by atoms with E-state index in [-0.39, 0.29) is 0 Å². The molecule has 14 heavy (non-hydrogen) atoms. The maximum atomic E-state index is 9.12. The average Bonchev–Trinajstić information content (AvgIpc) is 2.17. The van der Waals surface area contributed by atoms with Gasteiger partial charge in [-0.15, -0.1) is 0 Å². The third-order valence-corrected chi connectivity index (χ3v) is 3.06. The number of rotatable bonds is 2. The third kappa shape index (κ3) is 1.96. The van der Waals surface area contributed by atoms with Crippen molar-refractivity contribution in [3.05, 3.63) is 28.0 Å². The minimum atomic E-state index is -0.494. The molecule has 1 rings (SSSR count). The second-order valence-corrected chi connectivity index (χ2v) is 4.49. The molecule has 0 bridgehead atoms. The maximum Gasteiger partial charge on any atom is 0.0973 e. The molecule has 2 nitrogen and oxygen atoms in total. The van der Waals surface area contributed by atoms with Crippen LogP contribution in [0.25, 0.3) is 0 Å². The first kappa shape index (κ1) is 11.2. The number of nitrogens with zero attached hydrogens (tertiary/aromatic N) is 2. The first-order valence-electron chi connectivity index (χ1n) is 4.57. The Balaban J connectivity index is 3.26. The van der Waals surface area contributed by atoms with Gasteiger partial charge in [0.15, 0.2) is 0 Å². The van der Waals surface area contributed by atoms with Crippen molar-refractivity contribution >= 4 is 15.9 Å². The zero-order valence-electron chi connectivity index (χ0n) is 8.63. The molecule has 0 spiro atoms. The second-order valence-electron chi connectivity index (χ2n) is 3.64. The van der Waals surface area contributed by atoms with Gasteiger partial charge >= 0.3 is 0 Å². The molecular formula is C11H13BrN2. The van der Waals surface area contributed by atoms with Crippen LogP contribution in [-0.2, 0) is 5.41 Å². The predicted molar refractivity (Wildman–Crippen MR) is 59.9 cm³/mol. The molecule has 74 valence electrons. The summed E-state index contributed by atoms with van der Waals surface area (Å²) in [7, 11) is 0. The normalized spacial score (nSPS) is 14.5. The Kier molecular flexibility index (Phi) is 3.28. The molecule has 3 heteroatoms. The average molecular weight is 253 g/mol. The minimum Gasteiger partial charge on any atom is -0.258 e. The zero-order chi connectivity index (χ0) is 10.8. The highest BCUT2D eigenvalue weighted by Crippen LogP contribution is 2.31. The number of halogens is 1. The van der Waals surface area contributed by atoms with Gasteiger partial charge < -0.3 is 0 Å². The van der Waals surface area contributed by atoms with E-state index in [9.17, 15) is 0 Å². The van der Waals surface area contributed by atoms with E-state index >= 15 is 0 Å². The van der Waals surface area contributed by atoms with Crippen molar-refractivity contribution in [2.24, 2.45) is 0 Å². The van der Waals surface area contributed by atoms with Gasteiger partial charge in [0.05, 0.1) is 17.2 Å². The van der Waals surface area contributed by atoms with E-state index < -0.39 is 5.41 Å². The second kappa shape index (κ2) is 4.10. The Morgan fingerprint density at radius 1 is 1.64 bits per heavy atom. The fraction of sp³-hybridized carbons (Fsp3) is 0.455. The summed E-state index contributed by atoms with van der Waals surface area (Å²) >= 11 is 3.45. The molecule has 0 aliphatic carbocycles. The monoisotopic (exact) mass is 252 g/mol. The van der Waals surface area contributed by atoms with Crippen molar-refractivity contribution in [3.8, 4) is 6.07 Å². The van der Waals surface area contributed by atoms with Gasteiger partial charge in [-0.3, -0.25) is 4.98 Å². The molecule has 0 fully saturated rings. The molecule has 0 aliphatic heterocycles. The standard InChI is InChI=1S/C11H13BrN2/c1-4-11(3,7-13)10-9(12)5-8(2)6-14-10/h5-6H,4H2,1-3H3. The van der Waals surface area contributed by atoms with Crippen molar-refractivity contribution in [1.29, 1.82) is 5.26 Å². The lowest BCUT2D eigenvalue weighted by molar-refractivity contribution is 0.564. The van der Waals surface area contributed by atoms with Crippen molar-refractivity contribution in [1.82, 2.24) is 4.98 Å². The highest BCUT2D eigenvalue weighted by Gasteiger charge is 2.27. The van der Waals surface area contributed by atoms with E-state index in [1.165, 1.54) is 0 Å². The molecule has 1 atom stereocenters. The number of hydrogen-bond donors (Lipinski definition) is 0. The molecule has 0 saturated heterocycles. The van der Waals surface area contributed by atoms with Crippen LogP contribution < -0.4 is 0 Å². The summed E-state index contributed by atoms with van der Waals surface area (Å²) in [5.41, 5.74) is 1.43. The molecule has 1 aromatic rings. The van der Waals surface area contributed by atoms with Gasteiger partial charge in [-0.25, -0.2) is 0 Å².